The van der Waals surface area contributed by atoms with Crippen molar-refractivity contribution in [1.29, 1.82) is 0 Å². The fraction of sp³-hybridized carbons (Fsp3) is 1.00. The highest BCUT2D eigenvalue weighted by molar-refractivity contribution is 4.73. The summed E-state index contributed by atoms with van der Waals surface area (Å²) in [5.74, 6) is 0. The molecule has 102 valence electrons. The molecule has 1 fully saturated rings. The van der Waals surface area contributed by atoms with Crippen LogP contribution in [-0.2, 0) is 4.74 Å². The van der Waals surface area contributed by atoms with Gasteiger partial charge in [0.2, 0.25) is 0 Å². The van der Waals surface area contributed by atoms with Crippen LogP contribution in [0.25, 0.3) is 0 Å². The molecule has 1 saturated heterocycles. The first-order valence-corrected chi connectivity index (χ1v) is 6.99. The smallest absolute Gasteiger partial charge is 0.0826 e. The maximum Gasteiger partial charge on any atom is 0.0826 e. The number of hydrogen-bond donors (Lipinski definition) is 1. The van der Waals surface area contributed by atoms with Gasteiger partial charge in [-0.15, -0.1) is 0 Å². The van der Waals surface area contributed by atoms with Crippen molar-refractivity contribution >= 4 is 0 Å². The lowest BCUT2D eigenvalue weighted by Crippen LogP contribution is -2.48. The van der Waals surface area contributed by atoms with Gasteiger partial charge in [0.1, 0.15) is 0 Å². The Morgan fingerprint density at radius 1 is 1.35 bits per heavy atom. The number of ether oxygens (including phenoxy) is 1. The van der Waals surface area contributed by atoms with Crippen molar-refractivity contribution in [3.05, 3.63) is 0 Å². The maximum atomic E-state index is 5.75. The first kappa shape index (κ1) is 14.9. The second kappa shape index (κ2) is 8.86. The van der Waals surface area contributed by atoms with Gasteiger partial charge in [0.05, 0.1) is 12.7 Å². The minimum atomic E-state index is 0.375. The molecule has 0 saturated carbocycles. The van der Waals surface area contributed by atoms with Crippen LogP contribution in [0.5, 0.6) is 0 Å². The molecule has 1 aliphatic rings. The number of likely N-dealkylation sites (N-methyl/N-ethyl adjacent to an activating group) is 2. The van der Waals surface area contributed by atoms with E-state index in [4.69, 9.17) is 4.74 Å². The predicted molar refractivity (Wildman–Crippen MR) is 72.5 cm³/mol. The standard InChI is InChI=1S/C13H29N3O/c1-4-6-15(3)7-8-16-9-10-17-13(12-16)11-14-5-2/h13-14H,4-12H2,1-3H3/t13-/m0/s1. The zero-order chi connectivity index (χ0) is 12.5. The number of rotatable bonds is 8. The summed E-state index contributed by atoms with van der Waals surface area (Å²) in [5, 5.41) is 3.36. The molecule has 1 heterocycles. The van der Waals surface area contributed by atoms with E-state index in [1.807, 2.05) is 0 Å². The van der Waals surface area contributed by atoms with Gasteiger partial charge in [0, 0.05) is 32.7 Å². The van der Waals surface area contributed by atoms with Gasteiger partial charge in [0.25, 0.3) is 0 Å². The Labute approximate surface area is 106 Å². The Kier molecular flexibility index (Phi) is 7.77. The van der Waals surface area contributed by atoms with Crippen molar-refractivity contribution < 1.29 is 4.74 Å². The molecule has 0 unspecified atom stereocenters. The minimum Gasteiger partial charge on any atom is -0.374 e. The third-order valence-electron chi connectivity index (χ3n) is 3.25. The van der Waals surface area contributed by atoms with Crippen LogP contribution < -0.4 is 5.32 Å². The quantitative estimate of drug-likeness (QED) is 0.677. The van der Waals surface area contributed by atoms with Crippen LogP contribution in [0.15, 0.2) is 0 Å². The van der Waals surface area contributed by atoms with Gasteiger partial charge in [-0.2, -0.15) is 0 Å². The molecule has 0 aliphatic carbocycles. The van der Waals surface area contributed by atoms with E-state index in [0.29, 0.717) is 6.10 Å². The summed E-state index contributed by atoms with van der Waals surface area (Å²) < 4.78 is 5.75. The zero-order valence-corrected chi connectivity index (χ0v) is 11.7. The molecule has 1 aliphatic heterocycles. The first-order valence-electron chi connectivity index (χ1n) is 6.99. The number of nitrogens with zero attached hydrogens (tertiary/aromatic N) is 2. The van der Waals surface area contributed by atoms with Crippen molar-refractivity contribution in [3.63, 3.8) is 0 Å². The van der Waals surface area contributed by atoms with Crippen molar-refractivity contribution in [3.8, 4) is 0 Å². The molecule has 0 aromatic carbocycles. The third kappa shape index (κ3) is 6.36. The topological polar surface area (TPSA) is 27.7 Å². The maximum absolute atomic E-state index is 5.75. The molecule has 4 nitrogen and oxygen atoms in total. The van der Waals surface area contributed by atoms with Crippen molar-refractivity contribution in [2.45, 2.75) is 26.4 Å². The lowest BCUT2D eigenvalue weighted by molar-refractivity contribution is -0.0284. The number of hydrogen-bond acceptors (Lipinski definition) is 4. The summed E-state index contributed by atoms with van der Waals surface area (Å²) >= 11 is 0. The summed E-state index contributed by atoms with van der Waals surface area (Å²) in [6, 6.07) is 0. The van der Waals surface area contributed by atoms with Gasteiger partial charge in [-0.3, -0.25) is 4.90 Å². The van der Waals surface area contributed by atoms with E-state index in [-0.39, 0.29) is 0 Å². The summed E-state index contributed by atoms with van der Waals surface area (Å²) in [6.45, 7) is 13.0. The minimum absolute atomic E-state index is 0.375. The van der Waals surface area contributed by atoms with Crippen LogP contribution in [0.4, 0.5) is 0 Å². The molecule has 1 N–H and O–H groups in total. The summed E-state index contributed by atoms with van der Waals surface area (Å²) in [4.78, 5) is 4.94. The predicted octanol–water partition coefficient (Wildman–Crippen LogP) is 0.639. The summed E-state index contributed by atoms with van der Waals surface area (Å²) in [6.07, 6.45) is 1.61. The molecule has 0 bridgehead atoms. The fourth-order valence-electron chi connectivity index (χ4n) is 2.22. The monoisotopic (exact) mass is 243 g/mol. The first-order chi connectivity index (χ1) is 8.26. The van der Waals surface area contributed by atoms with Crippen molar-refractivity contribution in [1.82, 2.24) is 15.1 Å². The lowest BCUT2D eigenvalue weighted by Gasteiger charge is -2.34. The summed E-state index contributed by atoms with van der Waals surface area (Å²) in [5.41, 5.74) is 0. The molecular weight excluding hydrogens is 214 g/mol. The summed E-state index contributed by atoms with van der Waals surface area (Å²) in [7, 11) is 2.21. The van der Waals surface area contributed by atoms with Gasteiger partial charge in [-0.1, -0.05) is 13.8 Å². The molecule has 0 spiro atoms. The van der Waals surface area contributed by atoms with E-state index in [0.717, 1.165) is 32.8 Å². The number of morpholine rings is 1. The van der Waals surface area contributed by atoms with Gasteiger partial charge in [-0.25, -0.2) is 0 Å². The van der Waals surface area contributed by atoms with Crippen LogP contribution in [0.1, 0.15) is 20.3 Å². The fourth-order valence-corrected chi connectivity index (χ4v) is 2.22. The van der Waals surface area contributed by atoms with E-state index in [1.165, 1.54) is 26.1 Å². The molecule has 0 amide bonds. The zero-order valence-electron chi connectivity index (χ0n) is 11.7. The second-order valence-corrected chi connectivity index (χ2v) is 4.90. The Bertz CT molecular complexity index is 190. The van der Waals surface area contributed by atoms with Crippen molar-refractivity contribution in [2.24, 2.45) is 0 Å². The van der Waals surface area contributed by atoms with Crippen LogP contribution in [0, 0.1) is 0 Å². The average molecular weight is 243 g/mol. The Balaban J connectivity index is 2.15. The normalized spacial score (nSPS) is 22.2. The highest BCUT2D eigenvalue weighted by atomic mass is 16.5. The van der Waals surface area contributed by atoms with Gasteiger partial charge in [-0.05, 0) is 26.6 Å². The molecular formula is C13H29N3O. The molecule has 17 heavy (non-hydrogen) atoms. The van der Waals surface area contributed by atoms with E-state index < -0.39 is 0 Å². The molecule has 4 heteroatoms. The van der Waals surface area contributed by atoms with E-state index in [2.05, 4.69) is 36.0 Å². The largest absolute Gasteiger partial charge is 0.374 e. The molecule has 0 aromatic rings. The van der Waals surface area contributed by atoms with Crippen LogP contribution in [0.2, 0.25) is 0 Å². The van der Waals surface area contributed by atoms with Crippen LogP contribution in [0.3, 0.4) is 0 Å². The molecule has 0 aromatic heterocycles. The highest BCUT2D eigenvalue weighted by Gasteiger charge is 2.19. The molecule has 1 rings (SSSR count). The van der Waals surface area contributed by atoms with Gasteiger partial charge < -0.3 is 15.0 Å². The lowest BCUT2D eigenvalue weighted by atomic mass is 10.2. The van der Waals surface area contributed by atoms with Gasteiger partial charge >= 0.3 is 0 Å². The Hall–Kier alpha value is -0.160. The molecule has 0 radical (unpaired) electrons. The van der Waals surface area contributed by atoms with E-state index in [9.17, 15) is 0 Å². The Morgan fingerprint density at radius 2 is 2.18 bits per heavy atom. The number of nitrogens with one attached hydrogen (secondary N) is 1. The third-order valence-corrected chi connectivity index (χ3v) is 3.25. The highest BCUT2D eigenvalue weighted by Crippen LogP contribution is 2.04. The van der Waals surface area contributed by atoms with E-state index >= 15 is 0 Å². The van der Waals surface area contributed by atoms with Crippen molar-refractivity contribution in [2.75, 3.05) is 59.5 Å². The van der Waals surface area contributed by atoms with E-state index in [1.54, 1.807) is 0 Å². The second-order valence-electron chi connectivity index (χ2n) is 4.90. The van der Waals surface area contributed by atoms with Gasteiger partial charge in [0.15, 0.2) is 0 Å². The van der Waals surface area contributed by atoms with Crippen LogP contribution >= 0.6 is 0 Å². The average Bonchev–Trinajstić information content (AvgIpc) is 2.35. The van der Waals surface area contributed by atoms with Crippen LogP contribution in [-0.4, -0.2) is 75.4 Å². The SMILES string of the molecule is CCCN(C)CCN1CCO[C@@H](CNCC)C1. The molecule has 1 atom stereocenters. The Morgan fingerprint density at radius 3 is 2.88 bits per heavy atom.